The third kappa shape index (κ3) is 2.21. The normalized spacial score (nSPS) is 18.1. The van der Waals surface area contributed by atoms with Crippen LogP contribution in [-0.2, 0) is 4.79 Å². The molecule has 1 aliphatic rings. The van der Waals surface area contributed by atoms with Gasteiger partial charge in [0.1, 0.15) is 11.9 Å². The van der Waals surface area contributed by atoms with Gasteiger partial charge in [-0.1, -0.05) is 30.8 Å². The number of amides is 1. The smallest absolute Gasteiger partial charge is 0.262 e. The Bertz CT molecular complexity index is 1070. The van der Waals surface area contributed by atoms with Crippen LogP contribution in [0.25, 0.3) is 21.7 Å². The topological polar surface area (TPSA) is 64.0 Å². The van der Waals surface area contributed by atoms with Gasteiger partial charge in [0, 0.05) is 5.70 Å². The van der Waals surface area contributed by atoms with Crippen molar-refractivity contribution in [1.82, 2.24) is 14.9 Å². The first kappa shape index (κ1) is 14.6. The molecule has 5 nitrogen and oxygen atoms in total. The summed E-state index contributed by atoms with van der Waals surface area (Å²) in [6.45, 7) is 5.56. The second kappa shape index (κ2) is 5.30. The van der Waals surface area contributed by atoms with E-state index in [4.69, 9.17) is 0 Å². The molecular formula is C19H17N3O2. The maximum Gasteiger partial charge on any atom is 0.262 e. The maximum atomic E-state index is 13.0. The van der Waals surface area contributed by atoms with Crippen LogP contribution in [0.1, 0.15) is 24.7 Å². The Balaban J connectivity index is 1.96. The van der Waals surface area contributed by atoms with Gasteiger partial charge < -0.3 is 5.32 Å². The molecule has 1 unspecified atom stereocenters. The number of nitrogens with zero attached hydrogens (tertiary/aromatic N) is 2. The summed E-state index contributed by atoms with van der Waals surface area (Å²) in [6.07, 6.45) is 1.23. The maximum absolute atomic E-state index is 13.0. The van der Waals surface area contributed by atoms with Crippen LogP contribution in [0, 0.1) is 6.92 Å². The standard InChI is InChI=1S/C19H17N3O2/c1-11-7-8-17(18(23)20-11)22-12(2)21-16-10-14-6-4-3-5-13(14)9-15(16)19(22)24/h3-6,9-10,17H,1,7-8H2,2H3,(H,20,23). The highest BCUT2D eigenvalue weighted by Crippen LogP contribution is 2.24. The van der Waals surface area contributed by atoms with Crippen LogP contribution in [-0.4, -0.2) is 15.5 Å². The van der Waals surface area contributed by atoms with E-state index in [0.29, 0.717) is 35.3 Å². The molecule has 0 spiro atoms. The predicted octanol–water partition coefficient (Wildman–Crippen LogP) is 2.82. The third-order valence-corrected chi connectivity index (χ3v) is 4.58. The van der Waals surface area contributed by atoms with E-state index in [1.54, 1.807) is 6.92 Å². The SMILES string of the molecule is C=C1CCC(n2c(C)nc3cc4ccccc4cc3c2=O)C(=O)N1. The Kier molecular flexibility index (Phi) is 3.23. The number of benzene rings is 2. The van der Waals surface area contributed by atoms with Gasteiger partial charge in [-0.05, 0) is 42.7 Å². The van der Waals surface area contributed by atoms with Gasteiger partial charge in [-0.3, -0.25) is 14.2 Å². The zero-order valence-corrected chi connectivity index (χ0v) is 13.4. The summed E-state index contributed by atoms with van der Waals surface area (Å²) in [5.41, 5.74) is 1.19. The summed E-state index contributed by atoms with van der Waals surface area (Å²) in [6, 6.07) is 11.1. The van der Waals surface area contributed by atoms with Crippen LogP contribution in [0.2, 0.25) is 0 Å². The van der Waals surface area contributed by atoms with E-state index in [2.05, 4.69) is 16.9 Å². The van der Waals surface area contributed by atoms with Crippen LogP contribution in [0.3, 0.4) is 0 Å². The Morgan fingerprint density at radius 1 is 1.21 bits per heavy atom. The zero-order valence-electron chi connectivity index (χ0n) is 13.4. The Hall–Kier alpha value is -2.95. The lowest BCUT2D eigenvalue weighted by molar-refractivity contribution is -0.124. The van der Waals surface area contributed by atoms with Crippen LogP contribution in [0.5, 0.6) is 0 Å². The quantitative estimate of drug-likeness (QED) is 0.702. The molecule has 1 atom stereocenters. The second-order valence-electron chi connectivity index (χ2n) is 6.20. The number of rotatable bonds is 1. The van der Waals surface area contributed by atoms with Crippen molar-refractivity contribution >= 4 is 27.6 Å². The summed E-state index contributed by atoms with van der Waals surface area (Å²) in [5.74, 6) is 0.355. The van der Waals surface area contributed by atoms with Crippen molar-refractivity contribution in [1.29, 1.82) is 0 Å². The van der Waals surface area contributed by atoms with Crippen LogP contribution in [0.4, 0.5) is 0 Å². The van der Waals surface area contributed by atoms with Crippen molar-refractivity contribution in [3.05, 3.63) is 64.9 Å². The molecule has 1 fully saturated rings. The molecule has 0 radical (unpaired) electrons. The Morgan fingerprint density at radius 3 is 2.62 bits per heavy atom. The lowest BCUT2D eigenvalue weighted by Crippen LogP contribution is -2.41. The molecular weight excluding hydrogens is 302 g/mol. The number of nitrogens with one attached hydrogen (secondary N) is 1. The van der Waals surface area contributed by atoms with E-state index in [1.807, 2.05) is 36.4 Å². The van der Waals surface area contributed by atoms with E-state index in [1.165, 1.54) is 4.57 Å². The summed E-state index contributed by atoms with van der Waals surface area (Å²) >= 11 is 0. The number of allylic oxidation sites excluding steroid dienone is 1. The van der Waals surface area contributed by atoms with Crippen molar-refractivity contribution < 1.29 is 4.79 Å². The highest BCUT2D eigenvalue weighted by molar-refractivity contribution is 5.96. The molecule has 1 saturated heterocycles. The van der Waals surface area contributed by atoms with Crippen molar-refractivity contribution in [2.45, 2.75) is 25.8 Å². The summed E-state index contributed by atoms with van der Waals surface area (Å²) in [7, 11) is 0. The van der Waals surface area contributed by atoms with E-state index in [9.17, 15) is 9.59 Å². The first-order chi connectivity index (χ1) is 11.5. The molecule has 1 N–H and O–H groups in total. The second-order valence-corrected chi connectivity index (χ2v) is 6.20. The minimum absolute atomic E-state index is 0.170. The zero-order chi connectivity index (χ0) is 16.8. The predicted molar refractivity (Wildman–Crippen MR) is 93.8 cm³/mol. The van der Waals surface area contributed by atoms with Gasteiger partial charge in [-0.2, -0.15) is 0 Å². The Morgan fingerprint density at radius 2 is 1.92 bits per heavy atom. The average molecular weight is 319 g/mol. The van der Waals surface area contributed by atoms with Gasteiger partial charge in [0.05, 0.1) is 10.9 Å². The molecule has 1 aliphatic heterocycles. The highest BCUT2D eigenvalue weighted by Gasteiger charge is 2.28. The molecule has 1 aromatic heterocycles. The number of aromatic nitrogens is 2. The minimum Gasteiger partial charge on any atom is -0.329 e. The lowest BCUT2D eigenvalue weighted by atomic mass is 10.0. The molecule has 3 aromatic rings. The summed E-state index contributed by atoms with van der Waals surface area (Å²) in [4.78, 5) is 29.9. The molecule has 120 valence electrons. The fraction of sp³-hybridized carbons (Fsp3) is 0.211. The van der Waals surface area contributed by atoms with Gasteiger partial charge in [-0.15, -0.1) is 0 Å². The fourth-order valence-electron chi connectivity index (χ4n) is 3.37. The van der Waals surface area contributed by atoms with Crippen LogP contribution >= 0.6 is 0 Å². The van der Waals surface area contributed by atoms with Gasteiger partial charge >= 0.3 is 0 Å². The number of hydrogen-bond donors (Lipinski definition) is 1. The van der Waals surface area contributed by atoms with Crippen molar-refractivity contribution in [2.24, 2.45) is 0 Å². The fourth-order valence-corrected chi connectivity index (χ4v) is 3.37. The number of carbonyl (C=O) groups is 1. The van der Waals surface area contributed by atoms with Crippen molar-refractivity contribution in [3.63, 3.8) is 0 Å². The number of carbonyl (C=O) groups excluding carboxylic acids is 1. The Labute approximate surface area is 138 Å². The monoisotopic (exact) mass is 319 g/mol. The summed E-state index contributed by atoms with van der Waals surface area (Å²) < 4.78 is 1.51. The molecule has 1 amide bonds. The minimum atomic E-state index is -0.536. The number of piperidine rings is 1. The molecule has 24 heavy (non-hydrogen) atoms. The van der Waals surface area contributed by atoms with E-state index < -0.39 is 6.04 Å². The van der Waals surface area contributed by atoms with Crippen LogP contribution < -0.4 is 10.9 Å². The molecule has 4 rings (SSSR count). The number of fused-ring (bicyclic) bond motifs is 2. The number of hydrogen-bond acceptors (Lipinski definition) is 3. The molecule has 0 saturated carbocycles. The van der Waals surface area contributed by atoms with Gasteiger partial charge in [0.2, 0.25) is 5.91 Å². The molecule has 2 aromatic carbocycles. The van der Waals surface area contributed by atoms with Gasteiger partial charge in [-0.25, -0.2) is 4.98 Å². The van der Waals surface area contributed by atoms with E-state index in [-0.39, 0.29) is 11.5 Å². The first-order valence-electron chi connectivity index (χ1n) is 7.95. The largest absolute Gasteiger partial charge is 0.329 e. The van der Waals surface area contributed by atoms with Gasteiger partial charge in [0.25, 0.3) is 5.56 Å². The molecule has 0 bridgehead atoms. The molecule has 5 heteroatoms. The molecule has 2 heterocycles. The highest BCUT2D eigenvalue weighted by atomic mass is 16.2. The lowest BCUT2D eigenvalue weighted by Gasteiger charge is -2.26. The molecule has 0 aliphatic carbocycles. The number of aryl methyl sites for hydroxylation is 1. The summed E-state index contributed by atoms with van der Waals surface area (Å²) in [5, 5.41) is 5.31. The average Bonchev–Trinajstić information content (AvgIpc) is 2.55. The van der Waals surface area contributed by atoms with E-state index >= 15 is 0 Å². The van der Waals surface area contributed by atoms with Gasteiger partial charge in [0.15, 0.2) is 0 Å². The van der Waals surface area contributed by atoms with Crippen molar-refractivity contribution in [3.8, 4) is 0 Å². The third-order valence-electron chi connectivity index (χ3n) is 4.58. The van der Waals surface area contributed by atoms with Crippen LogP contribution in [0.15, 0.2) is 53.5 Å². The van der Waals surface area contributed by atoms with Crippen molar-refractivity contribution in [2.75, 3.05) is 0 Å². The van der Waals surface area contributed by atoms with E-state index in [0.717, 1.165) is 10.8 Å². The first-order valence-corrected chi connectivity index (χ1v) is 7.95.